The van der Waals surface area contributed by atoms with Gasteiger partial charge in [0, 0.05) is 76.4 Å². The summed E-state index contributed by atoms with van der Waals surface area (Å²) in [5, 5.41) is 0.834. The molecule has 0 saturated carbocycles. The van der Waals surface area contributed by atoms with Gasteiger partial charge in [-0.3, -0.25) is 9.69 Å². The van der Waals surface area contributed by atoms with Crippen molar-refractivity contribution in [3.8, 4) is 11.1 Å². The number of nitrogen functional groups attached to an aromatic ring is 1. The highest BCUT2D eigenvalue weighted by Gasteiger charge is 2.23. The number of nitrogens with zero attached hydrogens (tertiary/aromatic N) is 5. The second kappa shape index (κ2) is 9.70. The first kappa shape index (κ1) is 17.6. The van der Waals surface area contributed by atoms with E-state index in [-0.39, 0.29) is 22.2 Å². The average molecular weight is 493 g/mol. The van der Waals surface area contributed by atoms with Crippen molar-refractivity contribution >= 4 is 22.8 Å². The molecule has 1 saturated heterocycles. The smallest absolute Gasteiger partial charge is 0.253 e. The number of pyridine rings is 2. The Kier molecular flexibility index (Phi) is 4.75. The molecule has 1 aliphatic heterocycles. The third-order valence-corrected chi connectivity index (χ3v) is 7.00. The number of hydrogen-bond donors (Lipinski definition) is 1. The molecule has 4 heterocycles. The topological polar surface area (TPSA) is 80.3 Å². The summed E-state index contributed by atoms with van der Waals surface area (Å²) < 4.78 is 61.6. The molecule has 186 valence electrons. The predicted molar refractivity (Wildman–Crippen MR) is 140 cm³/mol. The average Bonchev–Trinajstić information content (AvgIpc) is 3.23. The Morgan fingerprint density at radius 2 is 1.89 bits per heavy atom. The van der Waals surface area contributed by atoms with Crippen LogP contribution in [-0.4, -0.2) is 57.3 Å². The largest absolute Gasteiger partial charge is 0.384 e. The first-order chi connectivity index (χ1) is 19.7. The molecule has 0 aliphatic carbocycles. The fraction of sp³-hybridized carbons (Fsp3) is 0.321. The number of amides is 1. The van der Waals surface area contributed by atoms with Crippen molar-refractivity contribution in [2.45, 2.75) is 25.3 Å². The Bertz CT molecular complexity index is 1600. The number of halogens is 1. The molecular formula is C28H31FN6O. The summed E-state index contributed by atoms with van der Waals surface area (Å²) in [6.45, 7) is -3.82. The van der Waals surface area contributed by atoms with Crippen molar-refractivity contribution in [1.82, 2.24) is 24.3 Å². The van der Waals surface area contributed by atoms with Gasteiger partial charge in [0.1, 0.15) is 17.3 Å². The molecular weight excluding hydrogens is 455 g/mol. The van der Waals surface area contributed by atoms with E-state index in [1.807, 2.05) is 17.7 Å². The molecule has 8 heteroatoms. The molecule has 36 heavy (non-hydrogen) atoms. The number of benzene rings is 1. The summed E-state index contributed by atoms with van der Waals surface area (Å²) in [7, 11) is 1.95. The molecule has 1 aliphatic rings. The number of carbonyl (C=O) groups is 1. The van der Waals surface area contributed by atoms with Crippen molar-refractivity contribution < 1.29 is 17.4 Å². The molecule has 4 aromatic rings. The van der Waals surface area contributed by atoms with Crippen LogP contribution in [0.2, 0.25) is 0 Å². The number of piperidine rings is 1. The molecule has 0 radical (unpaired) electrons. The van der Waals surface area contributed by atoms with E-state index < -0.39 is 25.7 Å². The zero-order chi connectivity index (χ0) is 30.4. The highest BCUT2D eigenvalue weighted by molar-refractivity contribution is 5.94. The number of aryl methyl sites for hydroxylation is 1. The third kappa shape index (κ3) is 4.56. The lowest BCUT2D eigenvalue weighted by atomic mass is 9.89. The van der Waals surface area contributed by atoms with Gasteiger partial charge in [-0.2, -0.15) is 0 Å². The van der Waals surface area contributed by atoms with Gasteiger partial charge >= 0.3 is 0 Å². The maximum absolute atomic E-state index is 14.7. The van der Waals surface area contributed by atoms with Gasteiger partial charge in [-0.05, 0) is 67.2 Å². The lowest BCUT2D eigenvalue weighted by Gasteiger charge is -2.32. The summed E-state index contributed by atoms with van der Waals surface area (Å²) in [4.78, 5) is 23.6. The van der Waals surface area contributed by atoms with Gasteiger partial charge < -0.3 is 15.2 Å². The number of fused-ring (bicyclic) bond motifs is 1. The number of nitrogens with two attached hydrogens (primary N) is 1. The predicted octanol–water partition coefficient (Wildman–Crippen LogP) is 4.44. The fourth-order valence-electron chi connectivity index (χ4n) is 4.98. The van der Waals surface area contributed by atoms with E-state index in [2.05, 4.69) is 14.9 Å². The second-order valence-corrected chi connectivity index (χ2v) is 9.19. The highest BCUT2D eigenvalue weighted by Crippen LogP contribution is 2.33. The van der Waals surface area contributed by atoms with E-state index in [1.54, 1.807) is 24.4 Å². The lowest BCUT2D eigenvalue weighted by molar-refractivity contribution is 0.0827. The van der Waals surface area contributed by atoms with Crippen molar-refractivity contribution in [3.05, 3.63) is 77.5 Å². The number of aromatic nitrogens is 3. The van der Waals surface area contributed by atoms with Crippen LogP contribution in [0.3, 0.4) is 0 Å². The normalized spacial score (nSPS) is 18.1. The van der Waals surface area contributed by atoms with Crippen molar-refractivity contribution in [2.24, 2.45) is 7.05 Å². The van der Waals surface area contributed by atoms with Gasteiger partial charge in [0.15, 0.2) is 0 Å². The van der Waals surface area contributed by atoms with E-state index >= 15 is 0 Å². The lowest BCUT2D eigenvalue weighted by Crippen LogP contribution is -2.33. The monoisotopic (exact) mass is 492 g/mol. The van der Waals surface area contributed by atoms with Crippen LogP contribution < -0.4 is 5.73 Å². The second-order valence-electron chi connectivity index (χ2n) is 9.19. The third-order valence-electron chi connectivity index (χ3n) is 7.00. The summed E-state index contributed by atoms with van der Waals surface area (Å²) in [6, 6.07) is 11.6. The molecule has 3 aromatic heterocycles. The van der Waals surface area contributed by atoms with Crippen LogP contribution >= 0.6 is 0 Å². The van der Waals surface area contributed by atoms with E-state index in [0.29, 0.717) is 17.7 Å². The molecule has 1 fully saturated rings. The molecule has 1 amide bonds. The molecule has 7 nitrogen and oxygen atoms in total. The van der Waals surface area contributed by atoms with Gasteiger partial charge in [-0.15, -0.1) is 0 Å². The zero-order valence-electron chi connectivity index (χ0n) is 25.9. The SMILES string of the molecule is [2H]C([2H])([2H])N(C(=O)c1ccc(C2CCN(Cc3cc4c(-c5cnc(N)cc5F)ccnc4n3C)CC2)cc1)C([2H])([2H])[2H]. The van der Waals surface area contributed by atoms with Crippen LogP contribution in [0.4, 0.5) is 10.2 Å². The Hall–Kier alpha value is -3.78. The van der Waals surface area contributed by atoms with E-state index in [1.165, 1.54) is 24.4 Å². The van der Waals surface area contributed by atoms with Gasteiger partial charge in [-0.25, -0.2) is 14.4 Å². The molecule has 0 spiro atoms. The highest BCUT2D eigenvalue weighted by atomic mass is 19.1. The van der Waals surface area contributed by atoms with Gasteiger partial charge in [0.2, 0.25) is 0 Å². The first-order valence-corrected chi connectivity index (χ1v) is 11.8. The number of likely N-dealkylation sites (tertiary alicyclic amines) is 1. The zero-order valence-corrected chi connectivity index (χ0v) is 19.9. The fourth-order valence-corrected chi connectivity index (χ4v) is 4.98. The van der Waals surface area contributed by atoms with Crippen LogP contribution in [0, 0.1) is 5.82 Å². The van der Waals surface area contributed by atoms with Crippen molar-refractivity contribution in [1.29, 1.82) is 0 Å². The van der Waals surface area contributed by atoms with E-state index in [9.17, 15) is 9.18 Å². The number of rotatable bonds is 5. The minimum Gasteiger partial charge on any atom is -0.384 e. The van der Waals surface area contributed by atoms with Crippen LogP contribution in [0.1, 0.15) is 48.6 Å². The number of carbonyl (C=O) groups excluding carboxylic acids is 1. The van der Waals surface area contributed by atoms with Gasteiger partial charge in [-0.1, -0.05) is 12.1 Å². The summed E-state index contributed by atoms with van der Waals surface area (Å²) in [5.74, 6) is -1.13. The van der Waals surface area contributed by atoms with E-state index in [4.69, 9.17) is 14.0 Å². The van der Waals surface area contributed by atoms with E-state index in [0.717, 1.165) is 48.2 Å². The summed E-state index contributed by atoms with van der Waals surface area (Å²) in [6.07, 6.45) is 4.85. The van der Waals surface area contributed by atoms with Crippen LogP contribution in [0.15, 0.2) is 54.9 Å². The molecule has 1 aromatic carbocycles. The molecule has 0 unspecified atom stereocenters. The van der Waals surface area contributed by atoms with Crippen LogP contribution in [-0.2, 0) is 13.6 Å². The molecule has 0 atom stereocenters. The minimum atomic E-state index is -3.08. The maximum Gasteiger partial charge on any atom is 0.253 e. The van der Waals surface area contributed by atoms with Crippen LogP contribution in [0.25, 0.3) is 22.2 Å². The number of hydrogen-bond acceptors (Lipinski definition) is 5. The summed E-state index contributed by atoms with van der Waals surface area (Å²) >= 11 is 0. The number of anilines is 1. The maximum atomic E-state index is 14.7. The minimum absolute atomic E-state index is 0.0156. The first-order valence-electron chi connectivity index (χ1n) is 14.8. The van der Waals surface area contributed by atoms with Crippen LogP contribution in [0.5, 0.6) is 0 Å². The Morgan fingerprint density at radius 3 is 2.58 bits per heavy atom. The Morgan fingerprint density at radius 1 is 1.14 bits per heavy atom. The summed E-state index contributed by atoms with van der Waals surface area (Å²) in [5.41, 5.74) is 9.52. The molecule has 5 rings (SSSR count). The Labute approximate surface area is 218 Å². The molecule has 2 N–H and O–H groups in total. The van der Waals surface area contributed by atoms with Gasteiger partial charge in [0.25, 0.3) is 5.91 Å². The quantitative estimate of drug-likeness (QED) is 0.446. The van der Waals surface area contributed by atoms with Crippen molar-refractivity contribution in [3.63, 3.8) is 0 Å². The standard InChI is InChI=1S/C28H31FN6O/c1-33(2)28(36)20-6-4-18(5-7-20)19-9-12-35(13-10-19)17-21-14-23-22(8-11-31-27(23)34(21)3)24-16-32-26(30)15-25(24)29/h4-8,11,14-16,19H,9-10,12-13,17H2,1-3H3,(H2,30,32)/i1D3,2D3. The van der Waals surface area contributed by atoms with Crippen molar-refractivity contribution in [2.75, 3.05) is 32.8 Å². The molecule has 0 bridgehead atoms. The Balaban J connectivity index is 1.26. The van der Waals surface area contributed by atoms with Gasteiger partial charge in [0.05, 0.1) is 0 Å².